The standard InChI is InChI=1S/C22H22BrN3O5S/c1-5-26(6-2)21(28)17-11(3)16(22(29)30-4)20(32-17)25-19(27)14-10-12-9-13(23)7-8-15(12)31-18(14)24/h7-10,24H,5-6H2,1-4H3,(H,25,27). The van der Waals surface area contributed by atoms with Crippen molar-refractivity contribution in [3.8, 4) is 0 Å². The smallest absolute Gasteiger partial charge is 0.341 e. The van der Waals surface area contributed by atoms with Crippen LogP contribution in [0.3, 0.4) is 0 Å². The molecule has 0 spiro atoms. The van der Waals surface area contributed by atoms with Gasteiger partial charge in [-0.2, -0.15) is 0 Å². The highest BCUT2D eigenvalue weighted by atomic mass is 79.9. The van der Waals surface area contributed by atoms with Crippen LogP contribution in [0.5, 0.6) is 0 Å². The molecule has 10 heteroatoms. The van der Waals surface area contributed by atoms with E-state index in [1.807, 2.05) is 13.8 Å². The van der Waals surface area contributed by atoms with Crippen molar-refractivity contribution in [2.75, 3.05) is 25.5 Å². The molecule has 0 atom stereocenters. The third-order valence-electron chi connectivity index (χ3n) is 4.98. The van der Waals surface area contributed by atoms with Crippen LogP contribution in [0.15, 0.2) is 33.2 Å². The number of esters is 1. The molecule has 0 aliphatic carbocycles. The van der Waals surface area contributed by atoms with Crippen molar-refractivity contribution in [1.29, 1.82) is 5.41 Å². The molecule has 2 amide bonds. The molecule has 0 saturated heterocycles. The first-order valence-electron chi connectivity index (χ1n) is 9.82. The summed E-state index contributed by atoms with van der Waals surface area (Å²) < 4.78 is 11.1. The van der Waals surface area contributed by atoms with Crippen LogP contribution in [0.2, 0.25) is 0 Å². The van der Waals surface area contributed by atoms with Gasteiger partial charge in [-0.25, -0.2) is 4.79 Å². The van der Waals surface area contributed by atoms with E-state index in [0.717, 1.165) is 15.8 Å². The normalized spacial score (nSPS) is 10.8. The largest absolute Gasteiger partial charge is 0.465 e. The number of benzene rings is 1. The zero-order valence-electron chi connectivity index (χ0n) is 18.0. The summed E-state index contributed by atoms with van der Waals surface area (Å²) in [6.45, 7) is 6.40. The van der Waals surface area contributed by atoms with E-state index in [4.69, 9.17) is 14.6 Å². The monoisotopic (exact) mass is 519 g/mol. The van der Waals surface area contributed by atoms with Gasteiger partial charge < -0.3 is 19.4 Å². The summed E-state index contributed by atoms with van der Waals surface area (Å²) in [5.74, 6) is -1.52. The Hall–Kier alpha value is -2.98. The predicted octanol–water partition coefficient (Wildman–Crippen LogP) is 4.57. The van der Waals surface area contributed by atoms with Gasteiger partial charge in [-0.05, 0) is 50.6 Å². The van der Waals surface area contributed by atoms with Gasteiger partial charge in [0.25, 0.3) is 11.8 Å². The van der Waals surface area contributed by atoms with Gasteiger partial charge >= 0.3 is 5.97 Å². The lowest BCUT2D eigenvalue weighted by atomic mass is 10.1. The number of carbonyl (C=O) groups excluding carboxylic acids is 3. The molecule has 168 valence electrons. The Kier molecular flexibility index (Phi) is 7.15. The summed E-state index contributed by atoms with van der Waals surface area (Å²) in [7, 11) is 1.24. The maximum absolute atomic E-state index is 13.0. The molecule has 32 heavy (non-hydrogen) atoms. The average molecular weight is 520 g/mol. The van der Waals surface area contributed by atoms with Gasteiger partial charge in [0.2, 0.25) is 5.55 Å². The fourth-order valence-corrected chi connectivity index (χ4v) is 4.79. The average Bonchev–Trinajstić information content (AvgIpc) is 3.09. The van der Waals surface area contributed by atoms with Gasteiger partial charge in [-0.3, -0.25) is 15.0 Å². The highest BCUT2D eigenvalue weighted by Crippen LogP contribution is 2.35. The number of hydrogen-bond donors (Lipinski definition) is 2. The molecule has 8 nitrogen and oxygen atoms in total. The number of anilines is 1. The maximum atomic E-state index is 13.0. The lowest BCUT2D eigenvalue weighted by Crippen LogP contribution is -2.30. The van der Waals surface area contributed by atoms with Gasteiger partial charge in [-0.1, -0.05) is 15.9 Å². The van der Waals surface area contributed by atoms with Crippen molar-refractivity contribution in [1.82, 2.24) is 4.90 Å². The van der Waals surface area contributed by atoms with Crippen molar-refractivity contribution in [3.63, 3.8) is 0 Å². The summed E-state index contributed by atoms with van der Waals surface area (Å²) in [5, 5.41) is 11.6. The van der Waals surface area contributed by atoms with Crippen LogP contribution in [0.25, 0.3) is 11.0 Å². The second-order valence-corrected chi connectivity index (χ2v) is 8.79. The van der Waals surface area contributed by atoms with E-state index in [2.05, 4.69) is 21.2 Å². The summed E-state index contributed by atoms with van der Waals surface area (Å²) >= 11 is 4.38. The van der Waals surface area contributed by atoms with Gasteiger partial charge in [-0.15, -0.1) is 11.3 Å². The summed E-state index contributed by atoms with van der Waals surface area (Å²) in [5.41, 5.74) is 0.698. The third-order valence-corrected chi connectivity index (χ3v) is 6.67. The molecule has 0 unspecified atom stereocenters. The second kappa shape index (κ2) is 9.66. The SMILES string of the molecule is CCN(CC)C(=O)c1sc(NC(=O)c2cc3cc(Br)ccc3oc2=N)c(C(=O)OC)c1C. The first-order valence-corrected chi connectivity index (χ1v) is 11.4. The Labute approximate surface area is 196 Å². The first-order chi connectivity index (χ1) is 15.2. The number of amides is 2. The number of thiophene rings is 1. The maximum Gasteiger partial charge on any atom is 0.341 e. The van der Waals surface area contributed by atoms with E-state index < -0.39 is 11.9 Å². The van der Waals surface area contributed by atoms with Crippen molar-refractivity contribution in [2.45, 2.75) is 20.8 Å². The predicted molar refractivity (Wildman–Crippen MR) is 125 cm³/mol. The van der Waals surface area contributed by atoms with Crippen molar-refractivity contribution in [3.05, 3.63) is 55.9 Å². The Morgan fingerprint density at radius 3 is 2.53 bits per heavy atom. The highest BCUT2D eigenvalue weighted by Gasteiger charge is 2.28. The second-order valence-electron chi connectivity index (χ2n) is 6.85. The Morgan fingerprint density at radius 1 is 1.22 bits per heavy atom. The molecule has 0 saturated carbocycles. The molecule has 1 aromatic carbocycles. The third kappa shape index (κ3) is 4.46. The molecule has 0 aliphatic rings. The zero-order valence-corrected chi connectivity index (χ0v) is 20.4. The fourth-order valence-electron chi connectivity index (χ4n) is 3.26. The summed E-state index contributed by atoms with van der Waals surface area (Å²) in [6.07, 6.45) is 0. The molecule has 3 aromatic rings. The van der Waals surface area contributed by atoms with Crippen molar-refractivity contribution < 1.29 is 23.5 Å². The number of hydrogen-bond acceptors (Lipinski definition) is 7. The van der Waals surface area contributed by atoms with Crippen molar-refractivity contribution in [2.24, 2.45) is 0 Å². The van der Waals surface area contributed by atoms with E-state index in [1.165, 1.54) is 7.11 Å². The number of rotatable bonds is 6. The van der Waals surface area contributed by atoms with E-state index in [0.29, 0.717) is 34.5 Å². The fraction of sp³-hybridized carbons (Fsp3) is 0.273. The molecule has 0 bridgehead atoms. The van der Waals surface area contributed by atoms with Crippen LogP contribution in [0.4, 0.5) is 5.00 Å². The Morgan fingerprint density at radius 2 is 1.91 bits per heavy atom. The molecule has 3 rings (SSSR count). The lowest BCUT2D eigenvalue weighted by Gasteiger charge is -2.17. The summed E-state index contributed by atoms with van der Waals surface area (Å²) in [4.78, 5) is 40.4. The minimum atomic E-state index is -0.661. The number of nitrogens with zero attached hydrogens (tertiary/aromatic N) is 1. The van der Waals surface area contributed by atoms with Crippen LogP contribution >= 0.6 is 27.3 Å². The quantitative estimate of drug-likeness (QED) is 0.463. The van der Waals surface area contributed by atoms with Crippen LogP contribution in [-0.2, 0) is 4.74 Å². The molecule has 0 fully saturated rings. The van der Waals surface area contributed by atoms with Gasteiger partial charge in [0.1, 0.15) is 16.1 Å². The molecular formula is C22H22BrN3O5S. The number of methoxy groups -OCH3 is 1. The number of halogens is 1. The molecule has 0 radical (unpaired) electrons. The van der Waals surface area contributed by atoms with Crippen LogP contribution in [0.1, 0.15) is 49.8 Å². The molecule has 2 N–H and O–H groups in total. The van der Waals surface area contributed by atoms with E-state index in [9.17, 15) is 14.4 Å². The topological polar surface area (TPSA) is 113 Å². The first kappa shape index (κ1) is 23.7. The summed E-state index contributed by atoms with van der Waals surface area (Å²) in [6, 6.07) is 6.78. The molecule has 2 aromatic heterocycles. The van der Waals surface area contributed by atoms with E-state index in [1.54, 1.807) is 36.1 Å². The number of ether oxygens (including phenoxy) is 1. The molecular weight excluding hydrogens is 498 g/mol. The van der Waals surface area contributed by atoms with Crippen LogP contribution < -0.4 is 10.9 Å². The highest BCUT2D eigenvalue weighted by molar-refractivity contribution is 9.10. The van der Waals surface area contributed by atoms with Gasteiger partial charge in [0.05, 0.1) is 17.6 Å². The Bertz CT molecular complexity index is 1280. The molecule has 0 aliphatic heterocycles. The van der Waals surface area contributed by atoms with Crippen molar-refractivity contribution >= 4 is 61.0 Å². The van der Waals surface area contributed by atoms with Gasteiger partial charge in [0, 0.05) is 22.9 Å². The number of nitrogens with one attached hydrogen (secondary N) is 2. The lowest BCUT2D eigenvalue weighted by molar-refractivity contribution is 0.0601. The zero-order chi connectivity index (χ0) is 23.6. The van der Waals surface area contributed by atoms with Crippen LogP contribution in [-0.4, -0.2) is 42.9 Å². The molecule has 2 heterocycles. The van der Waals surface area contributed by atoms with Gasteiger partial charge in [0.15, 0.2) is 0 Å². The minimum Gasteiger partial charge on any atom is -0.465 e. The number of carbonyl (C=O) groups is 3. The van der Waals surface area contributed by atoms with E-state index >= 15 is 0 Å². The minimum absolute atomic E-state index is 0.00547. The van der Waals surface area contributed by atoms with Crippen LogP contribution in [0, 0.1) is 12.3 Å². The van der Waals surface area contributed by atoms with E-state index in [-0.39, 0.29) is 27.6 Å². The Balaban J connectivity index is 2.05. The number of fused-ring (bicyclic) bond motifs is 1.